The highest BCUT2D eigenvalue weighted by atomic mass is 79.9. The molecule has 1 saturated carbocycles. The van der Waals surface area contributed by atoms with Gasteiger partial charge in [0.2, 0.25) is 0 Å². The van der Waals surface area contributed by atoms with Gasteiger partial charge >= 0.3 is 0 Å². The first-order valence-corrected chi connectivity index (χ1v) is 6.67. The molecule has 0 spiro atoms. The van der Waals surface area contributed by atoms with E-state index in [1.165, 1.54) is 12.8 Å². The lowest BCUT2D eigenvalue weighted by atomic mass is 9.91. The molecule has 96 valence electrons. The van der Waals surface area contributed by atoms with Crippen LogP contribution in [0.1, 0.15) is 37.3 Å². The predicted octanol–water partition coefficient (Wildman–Crippen LogP) is 3.42. The second-order valence-corrected chi connectivity index (χ2v) is 5.53. The van der Waals surface area contributed by atoms with E-state index in [4.69, 9.17) is 5.73 Å². The van der Waals surface area contributed by atoms with Crippen LogP contribution in [0.5, 0.6) is 0 Å². The molecule has 1 aromatic carbocycles. The smallest absolute Gasteiger partial charge is 0.0760 e. The molecule has 2 nitrogen and oxygen atoms in total. The summed E-state index contributed by atoms with van der Waals surface area (Å²) >= 11 is 3.39. The molecule has 4 heteroatoms. The summed E-state index contributed by atoms with van der Waals surface area (Å²) in [6.07, 6.45) is 4.30. The summed E-state index contributed by atoms with van der Waals surface area (Å²) in [4.78, 5) is 0. The third kappa shape index (κ3) is 3.68. The Morgan fingerprint density at radius 3 is 2.24 bits per heavy atom. The highest BCUT2D eigenvalue weighted by molar-refractivity contribution is 9.10. The molecule has 1 fully saturated rings. The number of hydrogen-bond acceptors (Lipinski definition) is 2. The van der Waals surface area contributed by atoms with E-state index in [0.717, 1.165) is 22.9 Å². The zero-order chi connectivity index (χ0) is 11.5. The van der Waals surface area contributed by atoms with Crippen molar-refractivity contribution in [3.63, 3.8) is 0 Å². The van der Waals surface area contributed by atoms with Crippen LogP contribution < -0.4 is 5.73 Å². The van der Waals surface area contributed by atoms with E-state index in [1.54, 1.807) is 0 Å². The second kappa shape index (κ2) is 6.74. The Labute approximate surface area is 117 Å². The van der Waals surface area contributed by atoms with Gasteiger partial charge in [-0.25, -0.2) is 0 Å². The van der Waals surface area contributed by atoms with Crippen LogP contribution in [0.3, 0.4) is 0 Å². The topological polar surface area (TPSA) is 46.2 Å². The van der Waals surface area contributed by atoms with E-state index in [-0.39, 0.29) is 18.4 Å². The number of nitrogens with two attached hydrogens (primary N) is 1. The number of hydrogen-bond donors (Lipinski definition) is 2. The fourth-order valence-corrected chi connectivity index (χ4v) is 2.74. The SMILES string of the molecule is Cl.N[C@H](c1ccc(Br)cc1)[C@@H](O)C1CCCC1. The number of aliphatic hydroxyl groups is 1. The first kappa shape index (κ1) is 15.0. The zero-order valence-corrected chi connectivity index (χ0v) is 12.1. The van der Waals surface area contributed by atoms with Crippen LogP contribution in [-0.2, 0) is 0 Å². The average Bonchev–Trinajstić information content (AvgIpc) is 2.81. The van der Waals surface area contributed by atoms with E-state index >= 15 is 0 Å². The molecule has 0 radical (unpaired) electrons. The highest BCUT2D eigenvalue weighted by Crippen LogP contribution is 2.32. The molecule has 1 aromatic rings. The van der Waals surface area contributed by atoms with Gasteiger partial charge in [0.25, 0.3) is 0 Å². The molecule has 1 aliphatic rings. The molecule has 0 unspecified atom stereocenters. The Hall–Kier alpha value is -0.0900. The van der Waals surface area contributed by atoms with Crippen molar-refractivity contribution in [2.45, 2.75) is 37.8 Å². The van der Waals surface area contributed by atoms with E-state index in [9.17, 15) is 5.11 Å². The van der Waals surface area contributed by atoms with Crippen molar-refractivity contribution in [1.82, 2.24) is 0 Å². The fourth-order valence-electron chi connectivity index (χ4n) is 2.47. The minimum atomic E-state index is -0.399. The van der Waals surface area contributed by atoms with Crippen LogP contribution >= 0.6 is 28.3 Å². The minimum Gasteiger partial charge on any atom is -0.391 e. The van der Waals surface area contributed by atoms with Gasteiger partial charge in [-0.15, -0.1) is 12.4 Å². The molecular formula is C13H19BrClNO. The summed E-state index contributed by atoms with van der Waals surface area (Å²) in [6, 6.07) is 7.64. The first-order chi connectivity index (χ1) is 7.68. The molecule has 0 aromatic heterocycles. The van der Waals surface area contributed by atoms with Crippen molar-refractivity contribution >= 4 is 28.3 Å². The molecule has 0 saturated heterocycles. The van der Waals surface area contributed by atoms with Gasteiger partial charge in [0.15, 0.2) is 0 Å². The van der Waals surface area contributed by atoms with Crippen LogP contribution in [-0.4, -0.2) is 11.2 Å². The summed E-state index contributed by atoms with van der Waals surface area (Å²) in [7, 11) is 0. The first-order valence-electron chi connectivity index (χ1n) is 5.87. The molecule has 0 amide bonds. The number of halogens is 2. The van der Waals surface area contributed by atoms with Crippen LogP contribution in [0, 0.1) is 5.92 Å². The van der Waals surface area contributed by atoms with Crippen molar-refractivity contribution in [3.8, 4) is 0 Å². The molecule has 1 aliphatic carbocycles. The Balaban J connectivity index is 0.00000144. The normalized spacial score (nSPS) is 19.7. The molecule has 2 atom stereocenters. The Morgan fingerprint density at radius 1 is 1.18 bits per heavy atom. The van der Waals surface area contributed by atoms with Crippen molar-refractivity contribution in [2.24, 2.45) is 11.7 Å². The highest BCUT2D eigenvalue weighted by Gasteiger charge is 2.28. The molecule has 0 bridgehead atoms. The van der Waals surface area contributed by atoms with Crippen molar-refractivity contribution in [1.29, 1.82) is 0 Å². The van der Waals surface area contributed by atoms with E-state index < -0.39 is 6.10 Å². The average molecular weight is 321 g/mol. The second-order valence-electron chi connectivity index (χ2n) is 4.61. The quantitative estimate of drug-likeness (QED) is 0.896. The number of aliphatic hydroxyl groups excluding tert-OH is 1. The van der Waals surface area contributed by atoms with Gasteiger partial charge in [-0.2, -0.15) is 0 Å². The molecular weight excluding hydrogens is 302 g/mol. The summed E-state index contributed by atoms with van der Waals surface area (Å²) in [5.41, 5.74) is 7.12. The largest absolute Gasteiger partial charge is 0.391 e. The Bertz CT molecular complexity index is 338. The van der Waals surface area contributed by atoms with Crippen LogP contribution in [0.4, 0.5) is 0 Å². The Kier molecular flexibility index (Phi) is 5.93. The van der Waals surface area contributed by atoms with E-state index in [2.05, 4.69) is 15.9 Å². The standard InChI is InChI=1S/C13H18BrNO.ClH/c14-11-7-5-9(6-8-11)12(15)13(16)10-3-1-2-4-10;/h5-8,10,12-13,16H,1-4,15H2;1H/t12-,13+;/m1./s1. The molecule has 3 N–H and O–H groups in total. The number of rotatable bonds is 3. The van der Waals surface area contributed by atoms with Crippen LogP contribution in [0.25, 0.3) is 0 Å². The zero-order valence-electron chi connectivity index (χ0n) is 9.68. The molecule has 2 rings (SSSR count). The fraction of sp³-hybridized carbons (Fsp3) is 0.538. The van der Waals surface area contributed by atoms with Gasteiger partial charge in [-0.05, 0) is 36.5 Å². The van der Waals surface area contributed by atoms with E-state index in [0.29, 0.717) is 5.92 Å². The van der Waals surface area contributed by atoms with Crippen LogP contribution in [0.2, 0.25) is 0 Å². The number of benzene rings is 1. The lowest BCUT2D eigenvalue weighted by molar-refractivity contribution is 0.0845. The third-order valence-corrected chi connectivity index (χ3v) is 4.03. The lowest BCUT2D eigenvalue weighted by Gasteiger charge is -2.24. The van der Waals surface area contributed by atoms with Gasteiger partial charge in [0.1, 0.15) is 0 Å². The monoisotopic (exact) mass is 319 g/mol. The summed E-state index contributed by atoms with van der Waals surface area (Å²) in [5.74, 6) is 0.388. The lowest BCUT2D eigenvalue weighted by Crippen LogP contribution is -2.31. The van der Waals surface area contributed by atoms with Gasteiger partial charge < -0.3 is 10.8 Å². The third-order valence-electron chi connectivity index (χ3n) is 3.51. The maximum Gasteiger partial charge on any atom is 0.0760 e. The van der Waals surface area contributed by atoms with Gasteiger partial charge in [-0.3, -0.25) is 0 Å². The molecule has 17 heavy (non-hydrogen) atoms. The summed E-state index contributed by atoms with van der Waals surface area (Å²) < 4.78 is 1.04. The van der Waals surface area contributed by atoms with Crippen molar-refractivity contribution < 1.29 is 5.11 Å². The molecule has 0 heterocycles. The van der Waals surface area contributed by atoms with Gasteiger partial charge in [0, 0.05) is 4.47 Å². The predicted molar refractivity (Wildman–Crippen MR) is 76.3 cm³/mol. The van der Waals surface area contributed by atoms with Crippen molar-refractivity contribution in [3.05, 3.63) is 34.3 Å². The summed E-state index contributed by atoms with van der Waals surface area (Å²) in [6.45, 7) is 0. The van der Waals surface area contributed by atoms with Crippen molar-refractivity contribution in [2.75, 3.05) is 0 Å². The maximum absolute atomic E-state index is 10.2. The van der Waals surface area contributed by atoms with Crippen LogP contribution in [0.15, 0.2) is 28.7 Å². The Morgan fingerprint density at radius 2 is 1.71 bits per heavy atom. The van der Waals surface area contributed by atoms with E-state index in [1.807, 2.05) is 24.3 Å². The van der Waals surface area contributed by atoms with Gasteiger partial charge in [-0.1, -0.05) is 40.9 Å². The minimum absolute atomic E-state index is 0. The summed E-state index contributed by atoms with van der Waals surface area (Å²) in [5, 5.41) is 10.2. The molecule has 0 aliphatic heterocycles. The van der Waals surface area contributed by atoms with Gasteiger partial charge in [0.05, 0.1) is 12.1 Å². The maximum atomic E-state index is 10.2.